The summed E-state index contributed by atoms with van der Waals surface area (Å²) in [6.45, 7) is 4.99. The fraction of sp³-hybridized carbons (Fsp3) is 0.706. The van der Waals surface area contributed by atoms with Gasteiger partial charge in [-0.25, -0.2) is 0 Å². The van der Waals surface area contributed by atoms with E-state index < -0.39 is 0 Å². The number of hydrogen-bond acceptors (Lipinski definition) is 5. The van der Waals surface area contributed by atoms with Gasteiger partial charge < -0.3 is 20.1 Å². The van der Waals surface area contributed by atoms with E-state index in [0.29, 0.717) is 13.2 Å². The van der Waals surface area contributed by atoms with E-state index in [9.17, 15) is 9.90 Å². The third-order valence-corrected chi connectivity index (χ3v) is 5.86. The van der Waals surface area contributed by atoms with Crippen molar-refractivity contribution in [1.29, 1.82) is 0 Å². The molecule has 3 heterocycles. The number of hydrogen-bond donors (Lipinski definition) is 2. The normalized spacial score (nSPS) is 21.8. The van der Waals surface area contributed by atoms with E-state index in [4.69, 9.17) is 4.74 Å². The van der Waals surface area contributed by atoms with Crippen molar-refractivity contribution in [2.45, 2.75) is 19.3 Å². The molecule has 5 nitrogen and oxygen atoms in total. The number of amides is 1. The molecule has 0 saturated carbocycles. The highest BCUT2D eigenvalue weighted by atomic mass is 32.1. The van der Waals surface area contributed by atoms with Crippen LogP contribution in [0.25, 0.3) is 0 Å². The number of aliphatic hydroxyl groups is 1. The fourth-order valence-electron chi connectivity index (χ4n) is 3.36. The molecule has 2 fully saturated rings. The van der Waals surface area contributed by atoms with E-state index in [1.54, 1.807) is 11.3 Å². The highest BCUT2D eigenvalue weighted by Crippen LogP contribution is 2.29. The molecule has 2 aliphatic heterocycles. The van der Waals surface area contributed by atoms with Gasteiger partial charge in [-0.15, -0.1) is 11.3 Å². The van der Waals surface area contributed by atoms with Crippen molar-refractivity contribution in [1.82, 2.24) is 10.2 Å². The van der Waals surface area contributed by atoms with Gasteiger partial charge in [-0.05, 0) is 43.8 Å². The van der Waals surface area contributed by atoms with Crippen LogP contribution in [0.15, 0.2) is 17.5 Å². The SMILES string of the molecule is O=C(NCCc1cccs1)C1CCN(CC2(CO)COC2)CC1. The molecule has 0 atom stereocenters. The van der Waals surface area contributed by atoms with Crippen molar-refractivity contribution in [3.05, 3.63) is 22.4 Å². The molecule has 0 bridgehead atoms. The summed E-state index contributed by atoms with van der Waals surface area (Å²) in [4.78, 5) is 15.9. The third kappa shape index (κ3) is 4.32. The van der Waals surface area contributed by atoms with E-state index in [-0.39, 0.29) is 23.8 Å². The first kappa shape index (κ1) is 16.9. The van der Waals surface area contributed by atoms with E-state index in [1.165, 1.54) is 4.88 Å². The Kier molecular flexibility index (Phi) is 5.69. The summed E-state index contributed by atoms with van der Waals surface area (Å²) in [6, 6.07) is 4.15. The Bertz CT molecular complexity index is 488. The molecule has 3 rings (SSSR count). The highest BCUT2D eigenvalue weighted by molar-refractivity contribution is 7.09. The average Bonchev–Trinajstić information content (AvgIpc) is 3.05. The molecule has 0 unspecified atom stereocenters. The predicted octanol–water partition coefficient (Wildman–Crippen LogP) is 1.13. The second kappa shape index (κ2) is 7.75. The van der Waals surface area contributed by atoms with Crippen LogP contribution >= 0.6 is 11.3 Å². The van der Waals surface area contributed by atoms with Crippen LogP contribution in [-0.4, -0.2) is 61.9 Å². The molecule has 23 heavy (non-hydrogen) atoms. The summed E-state index contributed by atoms with van der Waals surface area (Å²) in [5, 5.41) is 14.7. The molecular weight excluding hydrogens is 312 g/mol. The van der Waals surface area contributed by atoms with Gasteiger partial charge in [-0.1, -0.05) is 6.07 Å². The molecule has 0 radical (unpaired) electrons. The molecule has 2 aliphatic rings. The lowest BCUT2D eigenvalue weighted by molar-refractivity contribution is -0.151. The zero-order valence-electron chi connectivity index (χ0n) is 13.5. The first-order valence-electron chi connectivity index (χ1n) is 8.42. The molecule has 1 aromatic heterocycles. The number of thiophene rings is 1. The number of likely N-dealkylation sites (tertiary alicyclic amines) is 1. The topological polar surface area (TPSA) is 61.8 Å². The van der Waals surface area contributed by atoms with Gasteiger partial charge >= 0.3 is 0 Å². The van der Waals surface area contributed by atoms with E-state index in [2.05, 4.69) is 21.7 Å². The summed E-state index contributed by atoms with van der Waals surface area (Å²) < 4.78 is 5.25. The molecule has 128 valence electrons. The molecule has 0 aromatic carbocycles. The zero-order valence-corrected chi connectivity index (χ0v) is 14.3. The quantitative estimate of drug-likeness (QED) is 0.782. The maximum absolute atomic E-state index is 12.3. The summed E-state index contributed by atoms with van der Waals surface area (Å²) in [5.74, 6) is 0.336. The van der Waals surface area contributed by atoms with Gasteiger partial charge in [-0.2, -0.15) is 0 Å². The Labute approximate surface area is 141 Å². The lowest BCUT2D eigenvalue weighted by atomic mass is 9.85. The number of carbonyl (C=O) groups is 1. The predicted molar refractivity (Wildman–Crippen MR) is 90.5 cm³/mol. The van der Waals surface area contributed by atoms with Gasteiger partial charge in [0, 0.05) is 23.9 Å². The summed E-state index contributed by atoms with van der Waals surface area (Å²) >= 11 is 1.74. The van der Waals surface area contributed by atoms with Crippen molar-refractivity contribution in [3.8, 4) is 0 Å². The number of ether oxygens (including phenoxy) is 1. The van der Waals surface area contributed by atoms with Crippen molar-refractivity contribution >= 4 is 17.2 Å². The van der Waals surface area contributed by atoms with Crippen molar-refractivity contribution in [2.75, 3.05) is 46.0 Å². The fourth-order valence-corrected chi connectivity index (χ4v) is 4.07. The minimum Gasteiger partial charge on any atom is -0.396 e. The van der Waals surface area contributed by atoms with E-state index in [1.807, 2.05) is 6.07 Å². The number of aliphatic hydroxyl groups excluding tert-OH is 1. The second-order valence-corrected chi connectivity index (χ2v) is 7.85. The standard InChI is InChI=1S/C17H26N2O3S/c20-11-17(12-22-13-17)10-19-7-4-14(5-8-19)16(21)18-6-3-15-2-1-9-23-15/h1-2,9,14,20H,3-8,10-13H2,(H,18,21). The minimum absolute atomic E-state index is 0.0597. The van der Waals surface area contributed by atoms with E-state index in [0.717, 1.165) is 45.4 Å². The second-order valence-electron chi connectivity index (χ2n) is 6.82. The Morgan fingerprint density at radius 3 is 2.78 bits per heavy atom. The van der Waals surface area contributed by atoms with Gasteiger partial charge in [0.2, 0.25) is 5.91 Å². The number of piperidine rings is 1. The smallest absolute Gasteiger partial charge is 0.223 e. The Morgan fingerprint density at radius 2 is 2.22 bits per heavy atom. The maximum atomic E-state index is 12.3. The zero-order chi connectivity index (χ0) is 16.1. The van der Waals surface area contributed by atoms with E-state index >= 15 is 0 Å². The molecule has 2 N–H and O–H groups in total. The van der Waals surface area contributed by atoms with Crippen LogP contribution < -0.4 is 5.32 Å². The first-order chi connectivity index (χ1) is 11.2. The molecular formula is C17H26N2O3S. The highest BCUT2D eigenvalue weighted by Gasteiger charge is 2.40. The maximum Gasteiger partial charge on any atom is 0.223 e. The van der Waals surface area contributed by atoms with Gasteiger partial charge in [0.15, 0.2) is 0 Å². The van der Waals surface area contributed by atoms with Crippen LogP contribution in [-0.2, 0) is 16.0 Å². The molecule has 0 spiro atoms. The lowest BCUT2D eigenvalue weighted by Crippen LogP contribution is -2.54. The summed E-state index contributed by atoms with van der Waals surface area (Å²) in [5.41, 5.74) is -0.0597. The number of carbonyl (C=O) groups excluding carboxylic acids is 1. The van der Waals surface area contributed by atoms with Gasteiger partial charge in [0.25, 0.3) is 0 Å². The third-order valence-electron chi connectivity index (χ3n) is 4.92. The summed E-state index contributed by atoms with van der Waals surface area (Å²) in [7, 11) is 0. The minimum atomic E-state index is -0.0597. The largest absolute Gasteiger partial charge is 0.396 e. The number of nitrogens with zero attached hydrogens (tertiary/aromatic N) is 1. The molecule has 2 saturated heterocycles. The van der Waals surface area contributed by atoms with Crippen LogP contribution in [0.1, 0.15) is 17.7 Å². The Balaban J connectivity index is 1.35. The first-order valence-corrected chi connectivity index (χ1v) is 9.30. The number of nitrogens with one attached hydrogen (secondary N) is 1. The van der Waals surface area contributed by atoms with Crippen LogP contribution in [0.3, 0.4) is 0 Å². The van der Waals surface area contributed by atoms with Crippen LogP contribution in [0.2, 0.25) is 0 Å². The number of rotatable bonds is 7. The van der Waals surface area contributed by atoms with Gasteiger partial charge in [0.05, 0.1) is 25.2 Å². The van der Waals surface area contributed by atoms with Crippen molar-refractivity contribution in [3.63, 3.8) is 0 Å². The Morgan fingerprint density at radius 1 is 1.43 bits per heavy atom. The lowest BCUT2D eigenvalue weighted by Gasteiger charge is -2.44. The van der Waals surface area contributed by atoms with Crippen molar-refractivity contribution < 1.29 is 14.6 Å². The Hall–Kier alpha value is -0.950. The van der Waals surface area contributed by atoms with Gasteiger partial charge in [0.1, 0.15) is 0 Å². The molecule has 1 amide bonds. The molecule has 0 aliphatic carbocycles. The van der Waals surface area contributed by atoms with Crippen LogP contribution in [0.5, 0.6) is 0 Å². The molecule has 1 aromatic rings. The average molecular weight is 338 g/mol. The molecule has 6 heteroatoms. The van der Waals surface area contributed by atoms with Crippen LogP contribution in [0.4, 0.5) is 0 Å². The van der Waals surface area contributed by atoms with Crippen molar-refractivity contribution in [2.24, 2.45) is 11.3 Å². The van der Waals surface area contributed by atoms with Gasteiger partial charge in [-0.3, -0.25) is 4.79 Å². The monoisotopic (exact) mass is 338 g/mol. The summed E-state index contributed by atoms with van der Waals surface area (Å²) in [6.07, 6.45) is 2.74. The van der Waals surface area contributed by atoms with Crippen LogP contribution in [0, 0.1) is 11.3 Å².